The first-order valence-corrected chi connectivity index (χ1v) is 12.6. The lowest BCUT2D eigenvalue weighted by atomic mass is 9.69. The number of hydrogen-bond acceptors (Lipinski definition) is 7. The van der Waals surface area contributed by atoms with Crippen LogP contribution in [0.2, 0.25) is 0 Å². The Balaban J connectivity index is 1.76. The molecular formula is C28H35NO6. The Morgan fingerprint density at radius 1 is 1.11 bits per heavy atom. The van der Waals surface area contributed by atoms with Crippen LogP contribution in [0.5, 0.6) is 5.75 Å². The molecule has 2 aliphatic carbocycles. The van der Waals surface area contributed by atoms with Gasteiger partial charge < -0.3 is 19.5 Å². The molecule has 0 amide bonds. The molecule has 1 N–H and O–H groups in total. The number of nitrogens with one attached hydrogen (secondary N) is 1. The van der Waals surface area contributed by atoms with Crippen molar-refractivity contribution in [3.63, 3.8) is 0 Å². The fourth-order valence-corrected chi connectivity index (χ4v) is 5.48. The summed E-state index contributed by atoms with van der Waals surface area (Å²) in [5.41, 5.74) is 3.09. The molecule has 7 heteroatoms. The highest BCUT2D eigenvalue weighted by molar-refractivity contribution is 6.12. The summed E-state index contributed by atoms with van der Waals surface area (Å²) in [6, 6.07) is 7.49. The topological polar surface area (TPSA) is 90.9 Å². The van der Waals surface area contributed by atoms with Crippen LogP contribution in [0.3, 0.4) is 0 Å². The standard InChI is InChI=1S/C28H35NO6/c1-5-14-34-19-12-10-18(11-13-19)24-23(28(32)35-20-8-6-7-9-20)17(3)29-21-15-16(2)22(27(31)33-4)26(30)25(21)24/h10-13,16,20,22,24,29H,5-9,14-15H2,1-4H3. The molecular weight excluding hydrogens is 446 g/mol. The van der Waals surface area contributed by atoms with Gasteiger partial charge in [-0.1, -0.05) is 26.0 Å². The number of allylic oxidation sites excluding steroid dienone is 3. The van der Waals surface area contributed by atoms with Crippen molar-refractivity contribution < 1.29 is 28.6 Å². The number of rotatable bonds is 7. The predicted molar refractivity (Wildman–Crippen MR) is 130 cm³/mol. The molecule has 1 aliphatic heterocycles. The van der Waals surface area contributed by atoms with Crippen molar-refractivity contribution in [1.29, 1.82) is 0 Å². The fourth-order valence-electron chi connectivity index (χ4n) is 5.48. The van der Waals surface area contributed by atoms with Gasteiger partial charge in [0.1, 0.15) is 17.8 Å². The van der Waals surface area contributed by atoms with Gasteiger partial charge in [0.25, 0.3) is 0 Å². The van der Waals surface area contributed by atoms with E-state index in [1.807, 2.05) is 45.0 Å². The van der Waals surface area contributed by atoms with Crippen molar-refractivity contribution in [2.24, 2.45) is 11.8 Å². The number of dihydropyridines is 1. The van der Waals surface area contributed by atoms with Crippen molar-refractivity contribution in [3.05, 3.63) is 52.4 Å². The number of benzene rings is 1. The molecule has 3 aliphatic rings. The third-order valence-corrected chi connectivity index (χ3v) is 7.23. The lowest BCUT2D eigenvalue weighted by Gasteiger charge is -2.38. The molecule has 1 aromatic rings. The van der Waals surface area contributed by atoms with E-state index in [9.17, 15) is 14.4 Å². The molecule has 0 saturated heterocycles. The van der Waals surface area contributed by atoms with E-state index in [-0.39, 0.29) is 17.8 Å². The van der Waals surface area contributed by atoms with Crippen molar-refractivity contribution in [2.75, 3.05) is 13.7 Å². The number of carbonyl (C=O) groups is 3. The zero-order valence-electron chi connectivity index (χ0n) is 21.0. The summed E-state index contributed by atoms with van der Waals surface area (Å²) >= 11 is 0. The summed E-state index contributed by atoms with van der Waals surface area (Å²) in [7, 11) is 1.30. The van der Waals surface area contributed by atoms with Crippen LogP contribution >= 0.6 is 0 Å². The lowest BCUT2D eigenvalue weighted by molar-refractivity contribution is -0.151. The molecule has 0 aromatic heterocycles. The maximum atomic E-state index is 13.8. The molecule has 35 heavy (non-hydrogen) atoms. The van der Waals surface area contributed by atoms with E-state index in [1.165, 1.54) is 7.11 Å². The van der Waals surface area contributed by atoms with Crippen LogP contribution in [-0.4, -0.2) is 37.5 Å². The van der Waals surface area contributed by atoms with E-state index in [0.29, 0.717) is 29.9 Å². The number of ether oxygens (including phenoxy) is 3. The van der Waals surface area contributed by atoms with Crippen LogP contribution in [0.15, 0.2) is 46.8 Å². The fraction of sp³-hybridized carbons (Fsp3) is 0.536. The van der Waals surface area contributed by atoms with E-state index in [4.69, 9.17) is 14.2 Å². The van der Waals surface area contributed by atoms with E-state index < -0.39 is 23.8 Å². The first-order valence-electron chi connectivity index (χ1n) is 12.6. The molecule has 1 saturated carbocycles. The Morgan fingerprint density at radius 3 is 2.43 bits per heavy atom. The van der Waals surface area contributed by atoms with Gasteiger partial charge in [0.2, 0.25) is 0 Å². The van der Waals surface area contributed by atoms with Crippen LogP contribution in [-0.2, 0) is 23.9 Å². The van der Waals surface area contributed by atoms with Crippen LogP contribution in [0.25, 0.3) is 0 Å². The molecule has 3 unspecified atom stereocenters. The van der Waals surface area contributed by atoms with Crippen molar-refractivity contribution in [2.45, 2.75) is 71.3 Å². The number of carbonyl (C=O) groups excluding carboxylic acids is 3. The van der Waals surface area contributed by atoms with Crippen molar-refractivity contribution in [3.8, 4) is 5.75 Å². The quantitative estimate of drug-likeness (QED) is 0.450. The smallest absolute Gasteiger partial charge is 0.337 e. The predicted octanol–water partition coefficient (Wildman–Crippen LogP) is 4.57. The summed E-state index contributed by atoms with van der Waals surface area (Å²) < 4.78 is 16.6. The van der Waals surface area contributed by atoms with Gasteiger partial charge in [0, 0.05) is 22.9 Å². The van der Waals surface area contributed by atoms with E-state index >= 15 is 0 Å². The maximum absolute atomic E-state index is 13.8. The molecule has 3 atom stereocenters. The number of methoxy groups -OCH3 is 1. The first-order chi connectivity index (χ1) is 16.8. The van der Waals surface area contributed by atoms with E-state index in [2.05, 4.69) is 5.32 Å². The summed E-state index contributed by atoms with van der Waals surface area (Å²) in [6.45, 7) is 6.38. The Labute approximate surface area is 206 Å². The maximum Gasteiger partial charge on any atom is 0.337 e. The lowest BCUT2D eigenvalue weighted by Crippen LogP contribution is -2.43. The molecule has 7 nitrogen and oxygen atoms in total. The monoisotopic (exact) mass is 481 g/mol. The van der Waals surface area contributed by atoms with Gasteiger partial charge in [0.15, 0.2) is 5.78 Å². The summed E-state index contributed by atoms with van der Waals surface area (Å²) in [5.74, 6) is -2.28. The molecule has 1 aromatic carbocycles. The highest BCUT2D eigenvalue weighted by Crippen LogP contribution is 2.46. The Bertz CT molecular complexity index is 1050. The molecule has 1 fully saturated rings. The average Bonchev–Trinajstić information content (AvgIpc) is 3.35. The van der Waals surface area contributed by atoms with Gasteiger partial charge in [-0.05, 0) is 69.1 Å². The number of ketones is 1. The third-order valence-electron chi connectivity index (χ3n) is 7.23. The largest absolute Gasteiger partial charge is 0.494 e. The Morgan fingerprint density at radius 2 is 1.80 bits per heavy atom. The SMILES string of the molecule is CCCOc1ccc(C2C(C(=O)OC3CCCC3)=C(C)NC3=C2C(=O)C(C(=O)OC)C(C)C3)cc1. The van der Waals surface area contributed by atoms with Crippen LogP contribution < -0.4 is 10.1 Å². The summed E-state index contributed by atoms with van der Waals surface area (Å²) in [6.07, 6.45) is 5.11. The van der Waals surface area contributed by atoms with Crippen molar-refractivity contribution in [1.82, 2.24) is 5.32 Å². The minimum absolute atomic E-state index is 0.103. The summed E-state index contributed by atoms with van der Waals surface area (Å²) in [5, 5.41) is 3.31. The molecule has 0 radical (unpaired) electrons. The normalized spacial score (nSPS) is 24.7. The van der Waals surface area contributed by atoms with E-state index in [0.717, 1.165) is 49.1 Å². The zero-order chi connectivity index (χ0) is 25.1. The molecule has 4 rings (SSSR count). The molecule has 188 valence electrons. The minimum atomic E-state index is -0.902. The number of esters is 2. The zero-order valence-corrected chi connectivity index (χ0v) is 21.0. The van der Waals surface area contributed by atoms with E-state index in [1.54, 1.807) is 0 Å². The molecule has 0 bridgehead atoms. The Hall–Kier alpha value is -3.09. The number of hydrogen-bond donors (Lipinski definition) is 1. The van der Waals surface area contributed by atoms with Crippen LogP contribution in [0.1, 0.15) is 70.8 Å². The van der Waals surface area contributed by atoms with Gasteiger partial charge in [-0.25, -0.2) is 4.79 Å². The highest BCUT2D eigenvalue weighted by Gasteiger charge is 2.47. The number of Topliss-reactive ketones (excluding diaryl/α,β-unsaturated/α-hetero) is 1. The minimum Gasteiger partial charge on any atom is -0.494 e. The molecule has 0 spiro atoms. The van der Waals surface area contributed by atoms with Crippen LogP contribution in [0.4, 0.5) is 0 Å². The highest BCUT2D eigenvalue weighted by atomic mass is 16.5. The van der Waals surface area contributed by atoms with Gasteiger partial charge >= 0.3 is 11.9 Å². The van der Waals surface area contributed by atoms with Gasteiger partial charge in [-0.15, -0.1) is 0 Å². The summed E-state index contributed by atoms with van der Waals surface area (Å²) in [4.78, 5) is 39.8. The van der Waals surface area contributed by atoms with Gasteiger partial charge in [-0.3, -0.25) is 9.59 Å². The van der Waals surface area contributed by atoms with Gasteiger partial charge in [-0.2, -0.15) is 0 Å². The van der Waals surface area contributed by atoms with Gasteiger partial charge in [0.05, 0.1) is 19.3 Å². The van der Waals surface area contributed by atoms with Crippen LogP contribution in [0, 0.1) is 11.8 Å². The second-order valence-corrected chi connectivity index (χ2v) is 9.76. The average molecular weight is 482 g/mol. The first kappa shape index (κ1) is 25.0. The van der Waals surface area contributed by atoms with Crippen molar-refractivity contribution >= 4 is 17.7 Å². The Kier molecular flexibility index (Phi) is 7.63. The third kappa shape index (κ3) is 5.00. The molecule has 1 heterocycles. The second-order valence-electron chi connectivity index (χ2n) is 9.76. The second kappa shape index (κ2) is 10.7.